The van der Waals surface area contributed by atoms with E-state index in [9.17, 15) is 0 Å². The fourth-order valence-corrected chi connectivity index (χ4v) is 1.94. The van der Waals surface area contributed by atoms with Crippen LogP contribution < -0.4 is 10.7 Å². The number of hydrogen-bond donors (Lipinski definition) is 2. The predicted octanol–water partition coefficient (Wildman–Crippen LogP) is 2.03. The molecule has 0 saturated heterocycles. The van der Waals surface area contributed by atoms with Crippen molar-refractivity contribution in [2.45, 2.75) is 6.92 Å². The Bertz CT molecular complexity index is 652. The largest absolute Gasteiger partial charge is 0.318 e. The average molecular weight is 198 g/mol. The highest BCUT2D eigenvalue weighted by Gasteiger charge is 2.10. The van der Waals surface area contributed by atoms with E-state index < -0.39 is 0 Å². The van der Waals surface area contributed by atoms with Crippen molar-refractivity contribution in [3.8, 4) is 0 Å². The van der Waals surface area contributed by atoms with Gasteiger partial charge >= 0.3 is 0 Å². The first-order valence-electron chi connectivity index (χ1n) is 4.94. The smallest absolute Gasteiger partial charge is 0.232 e. The summed E-state index contributed by atoms with van der Waals surface area (Å²) in [4.78, 5) is 6.48. The van der Waals surface area contributed by atoms with Crippen LogP contribution in [0.4, 0.5) is 5.82 Å². The monoisotopic (exact) mass is 198 g/mol. The van der Waals surface area contributed by atoms with E-state index in [-0.39, 0.29) is 0 Å². The van der Waals surface area contributed by atoms with Crippen LogP contribution in [0.3, 0.4) is 0 Å². The van der Waals surface area contributed by atoms with Gasteiger partial charge in [-0.2, -0.15) is 0 Å². The lowest BCUT2D eigenvalue weighted by atomic mass is 10.1. The molecule has 2 aromatic heterocycles. The molecule has 0 spiro atoms. The highest BCUT2D eigenvalue weighted by atomic mass is 14.9. The van der Waals surface area contributed by atoms with Gasteiger partial charge in [0, 0.05) is 10.9 Å². The van der Waals surface area contributed by atoms with Crippen molar-refractivity contribution < 1.29 is 4.98 Å². The zero-order valence-corrected chi connectivity index (χ0v) is 8.46. The molecule has 0 bridgehead atoms. The number of anilines is 1. The molecule has 0 unspecified atom stereocenters. The van der Waals surface area contributed by atoms with Gasteiger partial charge in [0.2, 0.25) is 11.5 Å². The van der Waals surface area contributed by atoms with Gasteiger partial charge in [-0.05, 0) is 19.1 Å². The molecule has 74 valence electrons. The molecule has 15 heavy (non-hydrogen) atoms. The third-order valence-corrected chi connectivity index (χ3v) is 2.79. The summed E-state index contributed by atoms with van der Waals surface area (Å²) in [5.74, 6) is 0.717. The van der Waals surface area contributed by atoms with Crippen LogP contribution in [-0.4, -0.2) is 4.98 Å². The second-order valence-electron chi connectivity index (χ2n) is 3.83. The first-order valence-corrected chi connectivity index (χ1v) is 4.94. The van der Waals surface area contributed by atoms with E-state index in [2.05, 4.69) is 28.2 Å². The third kappa shape index (κ3) is 1.09. The standard InChI is InChI=1S/C12H11N3/c1-7-6-9-8-4-2-3-5-10(8)14-12(9)15-11(7)13/h2-6H,1H3,(H3,13,14,15)/p+1. The Labute approximate surface area is 86.9 Å². The van der Waals surface area contributed by atoms with E-state index in [1.165, 1.54) is 10.8 Å². The van der Waals surface area contributed by atoms with Crippen molar-refractivity contribution in [1.29, 1.82) is 0 Å². The summed E-state index contributed by atoms with van der Waals surface area (Å²) in [5.41, 5.74) is 9.03. The molecule has 0 aliphatic rings. The molecule has 0 aliphatic carbocycles. The second kappa shape index (κ2) is 2.73. The molecule has 0 radical (unpaired) electrons. The molecule has 3 aromatic rings. The predicted molar refractivity (Wildman–Crippen MR) is 61.5 cm³/mol. The van der Waals surface area contributed by atoms with Crippen molar-refractivity contribution >= 4 is 27.8 Å². The highest BCUT2D eigenvalue weighted by Crippen LogP contribution is 2.24. The van der Waals surface area contributed by atoms with Crippen molar-refractivity contribution in [1.82, 2.24) is 4.98 Å². The number of H-pyrrole nitrogens is 2. The fraction of sp³-hybridized carbons (Fsp3) is 0.0833. The number of fused-ring (bicyclic) bond motifs is 3. The molecular formula is C12H12N3+. The molecule has 0 aliphatic heterocycles. The third-order valence-electron chi connectivity index (χ3n) is 2.79. The van der Waals surface area contributed by atoms with Crippen LogP contribution in [0.25, 0.3) is 21.9 Å². The van der Waals surface area contributed by atoms with E-state index in [1.54, 1.807) is 0 Å². The zero-order valence-electron chi connectivity index (χ0n) is 8.46. The number of aryl methyl sites for hydroxylation is 1. The van der Waals surface area contributed by atoms with Gasteiger partial charge in [0.25, 0.3) is 0 Å². The Hall–Kier alpha value is -2.03. The molecule has 1 aromatic carbocycles. The summed E-state index contributed by atoms with van der Waals surface area (Å²) < 4.78 is 0. The Kier molecular flexibility index (Phi) is 1.51. The van der Waals surface area contributed by atoms with Gasteiger partial charge in [-0.1, -0.05) is 18.2 Å². The number of nitrogens with two attached hydrogens (primary N) is 1. The highest BCUT2D eigenvalue weighted by molar-refractivity contribution is 6.05. The van der Waals surface area contributed by atoms with E-state index in [1.807, 2.05) is 19.1 Å². The normalized spacial score (nSPS) is 11.3. The average Bonchev–Trinajstić information content (AvgIpc) is 2.57. The summed E-state index contributed by atoms with van der Waals surface area (Å²) in [7, 11) is 0. The molecule has 0 fully saturated rings. The van der Waals surface area contributed by atoms with Gasteiger partial charge < -0.3 is 5.73 Å². The van der Waals surface area contributed by atoms with E-state index >= 15 is 0 Å². The second-order valence-corrected chi connectivity index (χ2v) is 3.83. The topological polar surface area (TPSA) is 56.0 Å². The minimum absolute atomic E-state index is 0.717. The molecule has 0 atom stereocenters. The summed E-state index contributed by atoms with van der Waals surface area (Å²) in [5, 5.41) is 2.42. The number of hydrogen-bond acceptors (Lipinski definition) is 1. The lowest BCUT2D eigenvalue weighted by Gasteiger charge is -1.94. The number of nitrogen functional groups attached to an aromatic ring is 1. The molecule has 0 saturated carbocycles. The summed E-state index contributed by atoms with van der Waals surface area (Å²) in [6.07, 6.45) is 0. The Balaban J connectivity index is 2.56. The molecule has 2 heterocycles. The van der Waals surface area contributed by atoms with Crippen molar-refractivity contribution in [2.75, 3.05) is 5.73 Å². The van der Waals surface area contributed by atoms with Crippen LogP contribution >= 0.6 is 0 Å². The van der Waals surface area contributed by atoms with Gasteiger partial charge in [-0.3, -0.25) is 4.98 Å². The van der Waals surface area contributed by atoms with Crippen molar-refractivity contribution in [2.24, 2.45) is 0 Å². The Morgan fingerprint density at radius 2 is 2.00 bits per heavy atom. The van der Waals surface area contributed by atoms with E-state index in [0.29, 0.717) is 5.82 Å². The van der Waals surface area contributed by atoms with Crippen molar-refractivity contribution in [3.63, 3.8) is 0 Å². The number of aromatic amines is 2. The van der Waals surface area contributed by atoms with Crippen LogP contribution in [0, 0.1) is 6.92 Å². The molecule has 3 nitrogen and oxygen atoms in total. The van der Waals surface area contributed by atoms with Gasteiger partial charge in [0.15, 0.2) is 0 Å². The number of pyridine rings is 1. The van der Waals surface area contributed by atoms with Crippen LogP contribution in [0.2, 0.25) is 0 Å². The van der Waals surface area contributed by atoms with Gasteiger partial charge in [0.05, 0.1) is 5.39 Å². The van der Waals surface area contributed by atoms with Crippen LogP contribution in [0.5, 0.6) is 0 Å². The van der Waals surface area contributed by atoms with Gasteiger partial charge in [0.1, 0.15) is 5.52 Å². The molecule has 4 N–H and O–H groups in total. The summed E-state index contributed by atoms with van der Waals surface area (Å²) in [6.45, 7) is 2.01. The molecule has 3 rings (SSSR count). The number of benzene rings is 1. The van der Waals surface area contributed by atoms with Crippen LogP contribution in [-0.2, 0) is 0 Å². The SMILES string of the molecule is Cc1cc2c([nH]c3ccccc32)[nH+]c1N. The number of rotatable bonds is 0. The maximum atomic E-state index is 5.83. The summed E-state index contributed by atoms with van der Waals surface area (Å²) >= 11 is 0. The zero-order chi connectivity index (χ0) is 10.4. The van der Waals surface area contributed by atoms with Gasteiger partial charge in [-0.25, -0.2) is 4.98 Å². The molecule has 0 amide bonds. The van der Waals surface area contributed by atoms with Crippen LogP contribution in [0.1, 0.15) is 5.56 Å². The van der Waals surface area contributed by atoms with Crippen molar-refractivity contribution in [3.05, 3.63) is 35.9 Å². The Morgan fingerprint density at radius 1 is 1.20 bits per heavy atom. The minimum Gasteiger partial charge on any atom is -0.318 e. The number of nitrogens with one attached hydrogen (secondary N) is 2. The minimum atomic E-state index is 0.717. The van der Waals surface area contributed by atoms with Gasteiger partial charge in [-0.15, -0.1) is 0 Å². The fourth-order valence-electron chi connectivity index (χ4n) is 1.94. The maximum absolute atomic E-state index is 5.83. The lowest BCUT2D eigenvalue weighted by Crippen LogP contribution is -2.12. The molecular weight excluding hydrogens is 186 g/mol. The summed E-state index contributed by atoms with van der Waals surface area (Å²) in [6, 6.07) is 10.3. The lowest BCUT2D eigenvalue weighted by molar-refractivity contribution is -0.329. The first-order chi connectivity index (χ1) is 7.25. The van der Waals surface area contributed by atoms with E-state index in [0.717, 1.165) is 16.7 Å². The first kappa shape index (κ1) is 8.29. The maximum Gasteiger partial charge on any atom is 0.232 e. The molecule has 3 heteroatoms. The number of aromatic nitrogens is 2. The van der Waals surface area contributed by atoms with Crippen LogP contribution in [0.15, 0.2) is 30.3 Å². The Morgan fingerprint density at radius 3 is 2.87 bits per heavy atom. The quantitative estimate of drug-likeness (QED) is 0.570. The van der Waals surface area contributed by atoms with E-state index in [4.69, 9.17) is 5.73 Å². The number of para-hydroxylation sites is 1.